The Labute approximate surface area is 142 Å². The van der Waals surface area contributed by atoms with Crippen molar-refractivity contribution < 1.29 is 14.6 Å². The average molecular weight is 398 g/mol. The minimum absolute atomic E-state index is 0.233. The molecule has 8 nitrogen and oxygen atoms in total. The molecule has 0 saturated heterocycles. The van der Waals surface area contributed by atoms with Crippen molar-refractivity contribution in [2.45, 2.75) is 9.79 Å². The van der Waals surface area contributed by atoms with Crippen LogP contribution >= 0.6 is 27.7 Å². The molecule has 23 heavy (non-hydrogen) atoms. The maximum absolute atomic E-state index is 11.1. The lowest BCUT2D eigenvalue weighted by Crippen LogP contribution is -1.97. The minimum Gasteiger partial charge on any atom is -0.328 e. The van der Waals surface area contributed by atoms with Crippen molar-refractivity contribution in [3.05, 3.63) is 61.1 Å². The Morgan fingerprint density at radius 2 is 1.74 bits per heavy atom. The van der Waals surface area contributed by atoms with Gasteiger partial charge in [-0.1, -0.05) is 27.7 Å². The van der Waals surface area contributed by atoms with Gasteiger partial charge >= 0.3 is 0 Å². The van der Waals surface area contributed by atoms with E-state index < -0.39 is 9.85 Å². The molecule has 1 amide bonds. The van der Waals surface area contributed by atoms with E-state index in [1.807, 2.05) is 0 Å². The highest BCUT2D eigenvalue weighted by Crippen LogP contribution is 2.40. The second-order valence-corrected chi connectivity index (χ2v) is 6.17. The Kier molecular flexibility index (Phi) is 5.29. The molecular formula is C13H8BrN3O5S. The SMILES string of the molecule is O=CNc1cc(Br)ccc1Sc1ccc([N+](=O)[O-])cc1[N+](=O)[O-]. The van der Waals surface area contributed by atoms with Crippen molar-refractivity contribution in [2.75, 3.05) is 5.32 Å². The molecule has 0 aliphatic rings. The van der Waals surface area contributed by atoms with Gasteiger partial charge in [-0.2, -0.15) is 0 Å². The molecule has 0 spiro atoms. The first-order valence-electron chi connectivity index (χ1n) is 6.03. The van der Waals surface area contributed by atoms with Gasteiger partial charge in [0.2, 0.25) is 6.41 Å². The lowest BCUT2D eigenvalue weighted by molar-refractivity contribution is -0.396. The predicted octanol–water partition coefficient (Wildman–Crippen LogP) is 3.99. The number of hydrogen-bond donors (Lipinski definition) is 1. The number of rotatable bonds is 6. The highest BCUT2D eigenvalue weighted by molar-refractivity contribution is 9.10. The van der Waals surface area contributed by atoms with Crippen LogP contribution in [-0.2, 0) is 4.79 Å². The molecule has 0 aromatic heterocycles. The van der Waals surface area contributed by atoms with Gasteiger partial charge in [-0.3, -0.25) is 25.0 Å². The van der Waals surface area contributed by atoms with Gasteiger partial charge in [-0.05, 0) is 24.3 Å². The molecule has 0 radical (unpaired) electrons. The molecule has 2 aromatic carbocycles. The van der Waals surface area contributed by atoms with E-state index >= 15 is 0 Å². The number of carbonyl (C=O) groups is 1. The third kappa shape index (κ3) is 4.05. The molecule has 2 aromatic rings. The van der Waals surface area contributed by atoms with Crippen molar-refractivity contribution in [2.24, 2.45) is 0 Å². The average Bonchev–Trinajstić information content (AvgIpc) is 2.50. The number of nitrogens with one attached hydrogen (secondary N) is 1. The van der Waals surface area contributed by atoms with Crippen molar-refractivity contribution in [3.8, 4) is 0 Å². The first-order chi connectivity index (χ1) is 10.9. The van der Waals surface area contributed by atoms with Gasteiger partial charge < -0.3 is 5.32 Å². The first-order valence-corrected chi connectivity index (χ1v) is 7.63. The smallest absolute Gasteiger partial charge is 0.290 e. The first kappa shape index (κ1) is 16.9. The number of carbonyl (C=O) groups excluding carboxylic acids is 1. The van der Waals surface area contributed by atoms with Gasteiger partial charge in [0, 0.05) is 15.4 Å². The fourth-order valence-corrected chi connectivity index (χ4v) is 3.07. The predicted molar refractivity (Wildman–Crippen MR) is 87.7 cm³/mol. The molecule has 118 valence electrons. The Hall–Kier alpha value is -2.46. The summed E-state index contributed by atoms with van der Waals surface area (Å²) in [5.41, 5.74) is -0.265. The summed E-state index contributed by atoms with van der Waals surface area (Å²) in [5.74, 6) is 0. The molecule has 0 saturated carbocycles. The second kappa shape index (κ2) is 7.20. The van der Waals surface area contributed by atoms with Crippen LogP contribution in [0.15, 0.2) is 50.7 Å². The summed E-state index contributed by atoms with van der Waals surface area (Å²) in [5, 5.41) is 24.4. The van der Waals surface area contributed by atoms with Crippen LogP contribution in [0.4, 0.5) is 17.1 Å². The maximum Gasteiger partial charge on any atom is 0.290 e. The highest BCUT2D eigenvalue weighted by Gasteiger charge is 2.21. The van der Waals surface area contributed by atoms with E-state index in [1.165, 1.54) is 12.1 Å². The van der Waals surface area contributed by atoms with Crippen molar-refractivity contribution in [1.82, 2.24) is 0 Å². The van der Waals surface area contributed by atoms with Gasteiger partial charge in [0.15, 0.2) is 0 Å². The fourth-order valence-electron chi connectivity index (χ4n) is 1.73. The summed E-state index contributed by atoms with van der Waals surface area (Å²) in [4.78, 5) is 32.0. The van der Waals surface area contributed by atoms with Crippen molar-refractivity contribution in [3.63, 3.8) is 0 Å². The van der Waals surface area contributed by atoms with Crippen LogP contribution in [0.2, 0.25) is 0 Å². The molecule has 1 N–H and O–H groups in total. The van der Waals surface area contributed by atoms with Crippen LogP contribution in [-0.4, -0.2) is 16.3 Å². The third-order valence-corrected chi connectivity index (χ3v) is 4.36. The molecule has 0 atom stereocenters. The largest absolute Gasteiger partial charge is 0.328 e. The van der Waals surface area contributed by atoms with Crippen LogP contribution in [0.3, 0.4) is 0 Å². The summed E-state index contributed by atoms with van der Waals surface area (Å²) in [6.45, 7) is 0. The lowest BCUT2D eigenvalue weighted by Gasteiger charge is -2.09. The summed E-state index contributed by atoms with van der Waals surface area (Å²) in [7, 11) is 0. The lowest BCUT2D eigenvalue weighted by atomic mass is 10.3. The van der Waals surface area contributed by atoms with E-state index in [2.05, 4.69) is 21.2 Å². The van der Waals surface area contributed by atoms with Crippen LogP contribution < -0.4 is 5.32 Å². The van der Waals surface area contributed by atoms with E-state index in [0.717, 1.165) is 22.3 Å². The molecule has 0 fully saturated rings. The zero-order chi connectivity index (χ0) is 17.0. The van der Waals surface area contributed by atoms with Gasteiger partial charge in [-0.25, -0.2) is 0 Å². The zero-order valence-electron chi connectivity index (χ0n) is 11.3. The molecule has 2 rings (SSSR count). The number of hydrogen-bond acceptors (Lipinski definition) is 6. The number of amides is 1. The summed E-state index contributed by atoms with van der Waals surface area (Å²) < 4.78 is 0.726. The zero-order valence-corrected chi connectivity index (χ0v) is 13.7. The quantitative estimate of drug-likeness (QED) is 0.447. The number of benzene rings is 2. The van der Waals surface area contributed by atoms with Crippen LogP contribution in [0.5, 0.6) is 0 Å². The summed E-state index contributed by atoms with van der Waals surface area (Å²) >= 11 is 4.30. The minimum atomic E-state index is -0.694. The van der Waals surface area contributed by atoms with Crippen molar-refractivity contribution >= 4 is 51.2 Å². The van der Waals surface area contributed by atoms with E-state index in [4.69, 9.17) is 0 Å². The molecule has 0 unspecified atom stereocenters. The Balaban J connectivity index is 2.46. The highest BCUT2D eigenvalue weighted by atomic mass is 79.9. The van der Waals surface area contributed by atoms with Gasteiger partial charge in [0.1, 0.15) is 0 Å². The van der Waals surface area contributed by atoms with Gasteiger partial charge in [0.05, 0.1) is 26.5 Å². The Morgan fingerprint density at radius 1 is 1.04 bits per heavy atom. The fraction of sp³-hybridized carbons (Fsp3) is 0. The number of halogens is 1. The topological polar surface area (TPSA) is 115 Å². The van der Waals surface area contributed by atoms with Gasteiger partial charge in [-0.15, -0.1) is 0 Å². The van der Waals surface area contributed by atoms with Gasteiger partial charge in [0.25, 0.3) is 11.4 Å². The van der Waals surface area contributed by atoms with Crippen LogP contribution in [0.25, 0.3) is 0 Å². The maximum atomic E-state index is 11.1. The normalized spacial score (nSPS) is 10.1. The van der Waals surface area contributed by atoms with E-state index in [1.54, 1.807) is 18.2 Å². The van der Waals surface area contributed by atoms with Crippen LogP contribution in [0, 0.1) is 20.2 Å². The number of nitro groups is 2. The molecule has 10 heteroatoms. The molecule has 0 aliphatic carbocycles. The van der Waals surface area contributed by atoms with Crippen molar-refractivity contribution in [1.29, 1.82) is 0 Å². The molecule has 0 heterocycles. The summed E-state index contributed by atoms with van der Waals surface area (Å²) in [6.07, 6.45) is 0.496. The monoisotopic (exact) mass is 397 g/mol. The third-order valence-electron chi connectivity index (χ3n) is 2.73. The number of non-ortho nitro benzene ring substituents is 1. The Morgan fingerprint density at radius 3 is 2.35 bits per heavy atom. The second-order valence-electron chi connectivity index (χ2n) is 4.17. The molecule has 0 aliphatic heterocycles. The number of nitro benzene ring substituents is 2. The van der Waals surface area contributed by atoms with Crippen LogP contribution in [0.1, 0.15) is 0 Å². The summed E-state index contributed by atoms with van der Waals surface area (Å²) in [6, 6.07) is 8.46. The van der Waals surface area contributed by atoms with E-state index in [9.17, 15) is 25.0 Å². The van der Waals surface area contributed by atoms with E-state index in [0.29, 0.717) is 17.0 Å². The number of nitrogens with zero attached hydrogens (tertiary/aromatic N) is 2. The Bertz CT molecular complexity index is 799. The van der Waals surface area contributed by atoms with E-state index in [-0.39, 0.29) is 16.3 Å². The molecule has 0 bridgehead atoms. The molecular weight excluding hydrogens is 390 g/mol. The number of anilines is 1. The standard InChI is InChI=1S/C13H8BrN3O5S/c14-8-1-3-12(10(5-8)15-7-18)23-13-4-2-9(16(19)20)6-11(13)17(21)22/h1-7H,(H,15,18).